The van der Waals surface area contributed by atoms with Crippen LogP contribution in [-0.4, -0.2) is 17.0 Å². The van der Waals surface area contributed by atoms with E-state index in [9.17, 15) is 9.59 Å². The first-order valence-corrected chi connectivity index (χ1v) is 7.84. The fourth-order valence-corrected chi connectivity index (χ4v) is 2.37. The van der Waals surface area contributed by atoms with Crippen molar-refractivity contribution in [2.45, 2.75) is 0 Å². The van der Waals surface area contributed by atoms with Gasteiger partial charge in [-0.05, 0) is 53.6 Å². The molecule has 0 atom stereocenters. The molecule has 4 rings (SSSR count). The van der Waals surface area contributed by atoms with Crippen LogP contribution in [0.15, 0.2) is 66.7 Å². The van der Waals surface area contributed by atoms with Crippen molar-refractivity contribution in [1.82, 2.24) is 0 Å². The van der Waals surface area contributed by atoms with Gasteiger partial charge in [-0.2, -0.15) is 0 Å². The van der Waals surface area contributed by atoms with E-state index in [1.807, 2.05) is 36.4 Å². The maximum atomic E-state index is 10.9. The minimum absolute atomic E-state index is 0.337. The minimum atomic E-state index is -0.878. The Bertz CT molecular complexity index is 965. The number of carbonyl (C=O) groups excluding carboxylic acids is 1. The fraction of sp³-hybridized carbons (Fsp3) is 0. The van der Waals surface area contributed by atoms with Crippen LogP contribution in [0.25, 0.3) is 11.1 Å². The first kappa shape index (κ1) is 17.0. The van der Waals surface area contributed by atoms with Gasteiger partial charge in [0.05, 0.1) is 16.9 Å². The molecule has 3 aromatic carbocycles. The second kappa shape index (κ2) is 6.98. The number of fused-ring (bicyclic) bond motifs is 1. The summed E-state index contributed by atoms with van der Waals surface area (Å²) in [4.78, 5) is 21.2. The molecule has 1 heterocycles. The molecular formula is C20H17N3O3. The summed E-state index contributed by atoms with van der Waals surface area (Å²) < 4.78 is 0. The number of rotatable bonds is 3. The van der Waals surface area contributed by atoms with E-state index < -0.39 is 11.9 Å². The molecule has 0 aromatic heterocycles. The Balaban J connectivity index is 0.000000167. The maximum Gasteiger partial charge on any atom is 0.335 e. The van der Waals surface area contributed by atoms with Crippen molar-refractivity contribution in [3.63, 3.8) is 0 Å². The van der Waals surface area contributed by atoms with Crippen LogP contribution in [0.5, 0.6) is 0 Å². The SMILES string of the molecule is NC(=O)c1ccc(-c2ccc(N)cc2)cc1.O=C(O)c1ccc2c(c1)N2. The van der Waals surface area contributed by atoms with E-state index in [2.05, 4.69) is 5.32 Å². The van der Waals surface area contributed by atoms with Crippen LogP contribution in [0.1, 0.15) is 20.7 Å². The molecule has 6 heteroatoms. The van der Waals surface area contributed by atoms with Crippen molar-refractivity contribution < 1.29 is 14.7 Å². The van der Waals surface area contributed by atoms with Crippen LogP contribution in [-0.2, 0) is 0 Å². The van der Waals surface area contributed by atoms with Crippen LogP contribution < -0.4 is 16.8 Å². The smallest absolute Gasteiger partial charge is 0.335 e. The van der Waals surface area contributed by atoms with Gasteiger partial charge in [0.25, 0.3) is 0 Å². The van der Waals surface area contributed by atoms with E-state index in [1.54, 1.807) is 30.3 Å². The molecule has 0 aliphatic carbocycles. The zero-order valence-electron chi connectivity index (χ0n) is 13.8. The number of nitrogen functional groups attached to an aromatic ring is 1. The highest BCUT2D eigenvalue weighted by molar-refractivity contribution is 5.97. The molecule has 0 unspecified atom stereocenters. The van der Waals surface area contributed by atoms with Gasteiger partial charge in [-0.15, -0.1) is 0 Å². The van der Waals surface area contributed by atoms with Gasteiger partial charge in [-0.1, -0.05) is 24.3 Å². The lowest BCUT2D eigenvalue weighted by molar-refractivity contribution is 0.0696. The average molecular weight is 347 g/mol. The zero-order valence-corrected chi connectivity index (χ0v) is 13.8. The third-order valence-corrected chi connectivity index (χ3v) is 3.89. The second-order valence-corrected chi connectivity index (χ2v) is 5.75. The predicted octanol–water partition coefficient (Wildman–Crippen LogP) is 3.48. The van der Waals surface area contributed by atoms with Crippen molar-refractivity contribution in [3.8, 4) is 11.1 Å². The molecule has 6 N–H and O–H groups in total. The molecule has 1 aliphatic rings. The van der Waals surface area contributed by atoms with E-state index in [0.29, 0.717) is 11.1 Å². The van der Waals surface area contributed by atoms with Crippen LogP contribution in [0.2, 0.25) is 0 Å². The lowest BCUT2D eigenvalue weighted by Gasteiger charge is -2.03. The summed E-state index contributed by atoms with van der Waals surface area (Å²) in [6.07, 6.45) is 0. The van der Waals surface area contributed by atoms with Crippen LogP contribution in [0.4, 0.5) is 17.1 Å². The highest BCUT2D eigenvalue weighted by Crippen LogP contribution is 2.38. The Labute approximate surface area is 150 Å². The number of anilines is 3. The van der Waals surface area contributed by atoms with Gasteiger partial charge in [0, 0.05) is 11.3 Å². The third kappa shape index (κ3) is 3.99. The Morgan fingerprint density at radius 3 is 1.81 bits per heavy atom. The van der Waals surface area contributed by atoms with Crippen molar-refractivity contribution >= 4 is 28.9 Å². The largest absolute Gasteiger partial charge is 0.478 e. The van der Waals surface area contributed by atoms with Crippen LogP contribution >= 0.6 is 0 Å². The molecule has 3 aromatic rings. The van der Waals surface area contributed by atoms with Crippen LogP contribution in [0, 0.1) is 0 Å². The molecule has 0 bridgehead atoms. The monoisotopic (exact) mass is 347 g/mol. The Morgan fingerprint density at radius 2 is 1.31 bits per heavy atom. The third-order valence-electron chi connectivity index (χ3n) is 3.89. The Kier molecular flexibility index (Phi) is 4.57. The lowest BCUT2D eigenvalue weighted by atomic mass is 10.0. The molecule has 6 nitrogen and oxygen atoms in total. The number of carboxylic acids is 1. The molecule has 1 aliphatic heterocycles. The fourth-order valence-electron chi connectivity index (χ4n) is 2.37. The number of carbonyl (C=O) groups is 2. The maximum absolute atomic E-state index is 10.9. The zero-order chi connectivity index (χ0) is 18.7. The van der Waals surface area contributed by atoms with E-state index in [1.165, 1.54) is 0 Å². The van der Waals surface area contributed by atoms with Crippen molar-refractivity contribution in [3.05, 3.63) is 77.9 Å². The summed E-state index contributed by atoms with van der Waals surface area (Å²) in [7, 11) is 0. The van der Waals surface area contributed by atoms with Gasteiger partial charge >= 0.3 is 5.97 Å². The molecule has 130 valence electrons. The average Bonchev–Trinajstić information content (AvgIpc) is 3.42. The number of nitrogens with two attached hydrogens (primary N) is 2. The topological polar surface area (TPSA) is 128 Å². The summed E-state index contributed by atoms with van der Waals surface area (Å²) >= 11 is 0. The quantitative estimate of drug-likeness (QED) is 0.333. The summed E-state index contributed by atoms with van der Waals surface area (Å²) in [5.74, 6) is -1.29. The van der Waals surface area contributed by atoms with Gasteiger partial charge in [0.2, 0.25) is 5.91 Å². The standard InChI is InChI=1S/C13H12N2O.C7H5NO2/c14-12-7-5-10(6-8-12)9-1-3-11(4-2-9)13(15)16;9-7(10)4-1-2-5-6(3-4)8-5/h1-8H,14H2,(H2,15,16);1-3,8H,(H,9,10). The van der Waals surface area contributed by atoms with Crippen molar-refractivity contribution in [2.24, 2.45) is 5.73 Å². The summed E-state index contributed by atoms with van der Waals surface area (Å²) in [6, 6.07) is 19.7. The van der Waals surface area contributed by atoms with Crippen molar-refractivity contribution in [2.75, 3.05) is 11.1 Å². The van der Waals surface area contributed by atoms with Gasteiger partial charge in [0.15, 0.2) is 0 Å². The van der Waals surface area contributed by atoms with Crippen LogP contribution in [0.3, 0.4) is 0 Å². The van der Waals surface area contributed by atoms with Crippen molar-refractivity contribution in [1.29, 1.82) is 0 Å². The van der Waals surface area contributed by atoms with Gasteiger partial charge < -0.3 is 21.9 Å². The molecule has 0 fully saturated rings. The van der Waals surface area contributed by atoms with E-state index in [0.717, 1.165) is 28.2 Å². The first-order valence-electron chi connectivity index (χ1n) is 7.84. The lowest BCUT2D eigenvalue weighted by Crippen LogP contribution is -2.10. The number of nitrogens with one attached hydrogen (secondary N) is 1. The molecular weight excluding hydrogens is 330 g/mol. The normalized spacial score (nSPS) is 10.6. The number of hydrogen-bond donors (Lipinski definition) is 4. The van der Waals surface area contributed by atoms with Gasteiger partial charge in [0.1, 0.15) is 0 Å². The number of amides is 1. The molecule has 0 spiro atoms. The highest BCUT2D eigenvalue weighted by atomic mass is 16.4. The molecule has 0 saturated heterocycles. The molecule has 1 amide bonds. The second-order valence-electron chi connectivity index (χ2n) is 5.75. The Hall–Kier alpha value is -3.80. The summed E-state index contributed by atoms with van der Waals surface area (Å²) in [6.45, 7) is 0. The number of carboxylic acid groups (broad SMARTS) is 1. The number of benzene rings is 3. The van der Waals surface area contributed by atoms with E-state index in [4.69, 9.17) is 16.6 Å². The molecule has 0 radical (unpaired) electrons. The van der Waals surface area contributed by atoms with Gasteiger partial charge in [-0.3, -0.25) is 4.79 Å². The number of primary amides is 1. The number of aromatic carboxylic acids is 1. The van der Waals surface area contributed by atoms with Gasteiger partial charge in [-0.25, -0.2) is 4.79 Å². The summed E-state index contributed by atoms with van der Waals surface area (Å²) in [5.41, 5.74) is 16.4. The predicted molar refractivity (Wildman–Crippen MR) is 101 cm³/mol. The highest BCUT2D eigenvalue weighted by Gasteiger charge is 2.16. The Morgan fingerprint density at radius 1 is 0.769 bits per heavy atom. The molecule has 26 heavy (non-hydrogen) atoms. The first-order chi connectivity index (χ1) is 12.4. The summed E-state index contributed by atoms with van der Waals surface area (Å²) in [5, 5.41) is 11.4. The molecule has 0 saturated carbocycles. The minimum Gasteiger partial charge on any atom is -0.478 e. The number of hydrogen-bond acceptors (Lipinski definition) is 4. The van der Waals surface area contributed by atoms with E-state index >= 15 is 0 Å². The van der Waals surface area contributed by atoms with E-state index in [-0.39, 0.29) is 0 Å².